The third-order valence-electron chi connectivity index (χ3n) is 2.09. The molecule has 1 aromatic rings. The maximum absolute atomic E-state index is 5.09. The molecule has 0 saturated heterocycles. The molecule has 15 heavy (non-hydrogen) atoms. The van der Waals surface area contributed by atoms with E-state index in [-0.39, 0.29) is 0 Å². The highest BCUT2D eigenvalue weighted by Gasteiger charge is 1.98. The fraction of sp³-hybridized carbons (Fsp3) is 0.143. The lowest BCUT2D eigenvalue weighted by molar-refractivity contribution is 0.185. The van der Waals surface area contributed by atoms with Crippen LogP contribution in [0.25, 0.3) is 5.57 Å². The van der Waals surface area contributed by atoms with Gasteiger partial charge in [-0.05, 0) is 22.8 Å². The molecule has 0 unspecified atom stereocenters. The fourth-order valence-electron chi connectivity index (χ4n) is 1.42. The Morgan fingerprint density at radius 1 is 1.40 bits per heavy atom. The van der Waals surface area contributed by atoms with Crippen molar-refractivity contribution in [2.24, 2.45) is 0 Å². The molecule has 0 aliphatic heterocycles. The van der Waals surface area contributed by atoms with E-state index in [0.29, 0.717) is 6.61 Å². The minimum Gasteiger partial charge on any atom is -0.380 e. The zero-order valence-corrected chi connectivity index (χ0v) is 9.07. The van der Waals surface area contributed by atoms with Crippen molar-refractivity contribution in [2.45, 2.75) is 6.61 Å². The van der Waals surface area contributed by atoms with Crippen LogP contribution in [0.4, 0.5) is 0 Å². The predicted octanol–water partition coefficient (Wildman–Crippen LogP) is 3.59. The molecule has 0 fully saturated rings. The van der Waals surface area contributed by atoms with E-state index in [0.717, 1.165) is 16.7 Å². The van der Waals surface area contributed by atoms with Crippen molar-refractivity contribution in [1.82, 2.24) is 0 Å². The van der Waals surface area contributed by atoms with Crippen LogP contribution >= 0.6 is 0 Å². The van der Waals surface area contributed by atoms with Gasteiger partial charge >= 0.3 is 0 Å². The molecular formula is C14H16O. The highest BCUT2D eigenvalue weighted by atomic mass is 16.5. The first-order chi connectivity index (χ1) is 7.31. The molecule has 0 radical (unpaired) electrons. The van der Waals surface area contributed by atoms with E-state index in [1.165, 1.54) is 0 Å². The topological polar surface area (TPSA) is 9.23 Å². The van der Waals surface area contributed by atoms with Crippen LogP contribution in [0.3, 0.4) is 0 Å². The summed E-state index contributed by atoms with van der Waals surface area (Å²) in [7, 11) is 1.70. The Morgan fingerprint density at radius 2 is 2.20 bits per heavy atom. The maximum atomic E-state index is 5.09. The van der Waals surface area contributed by atoms with Gasteiger partial charge in [0.05, 0.1) is 6.61 Å². The molecule has 1 rings (SSSR count). The van der Waals surface area contributed by atoms with Gasteiger partial charge in [-0.15, -0.1) is 0 Å². The summed E-state index contributed by atoms with van der Waals surface area (Å²) in [5.74, 6) is 0. The molecular weight excluding hydrogens is 184 g/mol. The SMILES string of the molecule is C=C/C=C(\C=C)c1cccc(COC)c1. The molecule has 0 aromatic heterocycles. The van der Waals surface area contributed by atoms with Crippen molar-refractivity contribution in [1.29, 1.82) is 0 Å². The summed E-state index contributed by atoms with van der Waals surface area (Å²) >= 11 is 0. The van der Waals surface area contributed by atoms with Gasteiger partial charge in [-0.25, -0.2) is 0 Å². The zero-order valence-electron chi connectivity index (χ0n) is 9.07. The Bertz CT molecular complexity index is 375. The van der Waals surface area contributed by atoms with Crippen molar-refractivity contribution < 1.29 is 4.74 Å². The van der Waals surface area contributed by atoms with Gasteiger partial charge in [-0.3, -0.25) is 0 Å². The molecule has 1 heteroatoms. The van der Waals surface area contributed by atoms with Crippen molar-refractivity contribution in [3.8, 4) is 0 Å². The molecule has 78 valence electrons. The van der Waals surface area contributed by atoms with E-state index in [4.69, 9.17) is 4.74 Å². The summed E-state index contributed by atoms with van der Waals surface area (Å²) in [6.07, 6.45) is 5.53. The van der Waals surface area contributed by atoms with E-state index < -0.39 is 0 Å². The first kappa shape index (κ1) is 11.5. The van der Waals surface area contributed by atoms with E-state index in [1.54, 1.807) is 13.2 Å². The van der Waals surface area contributed by atoms with Crippen LogP contribution in [-0.2, 0) is 11.3 Å². The van der Waals surface area contributed by atoms with E-state index in [2.05, 4.69) is 25.3 Å². The molecule has 0 aliphatic carbocycles. The summed E-state index contributed by atoms with van der Waals surface area (Å²) in [5, 5.41) is 0. The van der Waals surface area contributed by atoms with Crippen LogP contribution in [0.1, 0.15) is 11.1 Å². The Balaban J connectivity index is 3.02. The van der Waals surface area contributed by atoms with Gasteiger partial charge in [0.25, 0.3) is 0 Å². The first-order valence-corrected chi connectivity index (χ1v) is 4.85. The first-order valence-electron chi connectivity index (χ1n) is 4.85. The third-order valence-corrected chi connectivity index (χ3v) is 2.09. The Labute approximate surface area is 91.4 Å². The third kappa shape index (κ3) is 3.22. The van der Waals surface area contributed by atoms with Crippen molar-refractivity contribution in [3.05, 3.63) is 66.8 Å². The number of methoxy groups -OCH3 is 1. The summed E-state index contributed by atoms with van der Waals surface area (Å²) in [6.45, 7) is 8.10. The van der Waals surface area contributed by atoms with Crippen molar-refractivity contribution in [2.75, 3.05) is 7.11 Å². The van der Waals surface area contributed by atoms with Gasteiger partial charge in [0.2, 0.25) is 0 Å². The molecule has 1 nitrogen and oxygen atoms in total. The van der Waals surface area contributed by atoms with E-state index in [1.807, 2.05) is 24.3 Å². The minimum absolute atomic E-state index is 0.631. The van der Waals surface area contributed by atoms with Crippen LogP contribution in [0, 0.1) is 0 Å². The highest BCUT2D eigenvalue weighted by Crippen LogP contribution is 2.17. The minimum atomic E-state index is 0.631. The zero-order chi connectivity index (χ0) is 11.1. The smallest absolute Gasteiger partial charge is 0.0713 e. The van der Waals surface area contributed by atoms with Crippen LogP contribution in [-0.4, -0.2) is 7.11 Å². The molecule has 1 aromatic carbocycles. The number of hydrogen-bond donors (Lipinski definition) is 0. The van der Waals surface area contributed by atoms with Crippen LogP contribution in [0.2, 0.25) is 0 Å². The van der Waals surface area contributed by atoms with Crippen LogP contribution in [0.5, 0.6) is 0 Å². The fourth-order valence-corrected chi connectivity index (χ4v) is 1.42. The summed E-state index contributed by atoms with van der Waals surface area (Å²) in [6, 6.07) is 8.21. The number of ether oxygens (including phenoxy) is 1. The average Bonchev–Trinajstić information content (AvgIpc) is 2.27. The lowest BCUT2D eigenvalue weighted by atomic mass is 10.0. The van der Waals surface area contributed by atoms with Gasteiger partial charge in [-0.2, -0.15) is 0 Å². The standard InChI is InChI=1S/C14H16O/c1-4-7-13(5-2)14-9-6-8-12(10-14)11-15-3/h4-10H,1-2,11H2,3H3/b13-7+. The molecule has 0 aliphatic rings. The monoisotopic (exact) mass is 200 g/mol. The normalized spacial score (nSPS) is 11.1. The van der Waals surface area contributed by atoms with Crippen molar-refractivity contribution in [3.63, 3.8) is 0 Å². The number of rotatable bonds is 5. The number of benzene rings is 1. The lowest BCUT2D eigenvalue weighted by Crippen LogP contribution is -1.89. The van der Waals surface area contributed by atoms with Gasteiger partial charge in [-0.1, -0.05) is 49.6 Å². The molecule has 0 amide bonds. The number of allylic oxidation sites excluding steroid dienone is 4. The number of hydrogen-bond acceptors (Lipinski definition) is 1. The molecule has 0 bridgehead atoms. The summed E-state index contributed by atoms with van der Waals surface area (Å²) in [4.78, 5) is 0. The average molecular weight is 200 g/mol. The predicted molar refractivity (Wildman–Crippen MR) is 65.5 cm³/mol. The Morgan fingerprint density at radius 3 is 2.80 bits per heavy atom. The Hall–Kier alpha value is -1.60. The molecule has 0 heterocycles. The molecule has 0 atom stereocenters. The van der Waals surface area contributed by atoms with Crippen LogP contribution < -0.4 is 0 Å². The highest BCUT2D eigenvalue weighted by molar-refractivity contribution is 5.74. The lowest BCUT2D eigenvalue weighted by Gasteiger charge is -2.05. The molecule has 0 saturated carbocycles. The van der Waals surface area contributed by atoms with Gasteiger partial charge in [0.1, 0.15) is 0 Å². The second kappa shape index (κ2) is 5.99. The maximum Gasteiger partial charge on any atom is 0.0713 e. The molecule has 0 spiro atoms. The van der Waals surface area contributed by atoms with Gasteiger partial charge < -0.3 is 4.74 Å². The van der Waals surface area contributed by atoms with Crippen LogP contribution in [0.15, 0.2) is 55.7 Å². The summed E-state index contributed by atoms with van der Waals surface area (Å²) in [5.41, 5.74) is 3.37. The molecule has 0 N–H and O–H groups in total. The Kier molecular flexibility index (Phi) is 4.58. The quantitative estimate of drug-likeness (QED) is 0.660. The second-order valence-corrected chi connectivity index (χ2v) is 3.20. The largest absolute Gasteiger partial charge is 0.380 e. The van der Waals surface area contributed by atoms with E-state index >= 15 is 0 Å². The second-order valence-electron chi connectivity index (χ2n) is 3.20. The van der Waals surface area contributed by atoms with E-state index in [9.17, 15) is 0 Å². The van der Waals surface area contributed by atoms with Gasteiger partial charge in [0.15, 0.2) is 0 Å². The summed E-state index contributed by atoms with van der Waals surface area (Å²) < 4.78 is 5.09. The van der Waals surface area contributed by atoms with Crippen molar-refractivity contribution >= 4 is 5.57 Å². The van der Waals surface area contributed by atoms with Gasteiger partial charge in [0, 0.05) is 7.11 Å².